The SMILES string of the molecule is CCC(C)(C)NS(=O)(=O)c1cncc(C#CCO)c1. The number of hydrogen-bond donors (Lipinski definition) is 2. The van der Waals surface area contributed by atoms with Gasteiger partial charge in [0.1, 0.15) is 11.5 Å². The molecule has 0 spiro atoms. The van der Waals surface area contributed by atoms with E-state index < -0.39 is 15.6 Å². The Morgan fingerprint density at radius 3 is 2.68 bits per heavy atom. The van der Waals surface area contributed by atoms with Gasteiger partial charge in [-0.25, -0.2) is 13.1 Å². The monoisotopic (exact) mass is 282 g/mol. The van der Waals surface area contributed by atoms with E-state index in [0.717, 1.165) is 0 Å². The number of aliphatic hydroxyl groups excluding tert-OH is 1. The first kappa shape index (κ1) is 15.6. The van der Waals surface area contributed by atoms with E-state index in [0.29, 0.717) is 12.0 Å². The molecule has 19 heavy (non-hydrogen) atoms. The molecule has 0 aromatic carbocycles. The first-order valence-corrected chi connectivity index (χ1v) is 7.38. The molecule has 1 rings (SSSR count). The molecule has 1 heterocycles. The number of hydrogen-bond acceptors (Lipinski definition) is 4. The van der Waals surface area contributed by atoms with Gasteiger partial charge in [0.15, 0.2) is 0 Å². The normalized spacial score (nSPS) is 11.8. The molecule has 1 aromatic rings. The molecule has 0 amide bonds. The predicted octanol–water partition coefficient (Wildman–Crippen LogP) is 0.892. The average molecular weight is 282 g/mol. The van der Waals surface area contributed by atoms with E-state index in [-0.39, 0.29) is 11.5 Å². The molecule has 104 valence electrons. The fourth-order valence-electron chi connectivity index (χ4n) is 1.27. The zero-order valence-corrected chi connectivity index (χ0v) is 12.1. The lowest BCUT2D eigenvalue weighted by molar-refractivity contribution is 0.350. The molecule has 1 aromatic heterocycles. The molecule has 0 atom stereocenters. The van der Waals surface area contributed by atoms with Crippen LogP contribution in [0.5, 0.6) is 0 Å². The third kappa shape index (κ3) is 4.63. The number of nitrogens with one attached hydrogen (secondary N) is 1. The van der Waals surface area contributed by atoms with E-state index in [1.165, 1.54) is 18.5 Å². The molecule has 0 saturated heterocycles. The number of rotatable bonds is 4. The highest BCUT2D eigenvalue weighted by molar-refractivity contribution is 7.89. The minimum Gasteiger partial charge on any atom is -0.384 e. The Morgan fingerprint density at radius 1 is 1.42 bits per heavy atom. The molecule has 6 heteroatoms. The Labute approximate surface area is 114 Å². The number of sulfonamides is 1. The second-order valence-corrected chi connectivity index (χ2v) is 6.39. The summed E-state index contributed by atoms with van der Waals surface area (Å²) in [4.78, 5) is 3.92. The first-order valence-electron chi connectivity index (χ1n) is 5.89. The van der Waals surface area contributed by atoms with Crippen LogP contribution in [0.4, 0.5) is 0 Å². The van der Waals surface area contributed by atoms with Crippen LogP contribution in [-0.4, -0.2) is 30.7 Å². The topological polar surface area (TPSA) is 79.3 Å². The van der Waals surface area contributed by atoms with Gasteiger partial charge in [-0.2, -0.15) is 0 Å². The van der Waals surface area contributed by atoms with E-state index in [1.807, 2.05) is 20.8 Å². The molecule has 0 aliphatic rings. The van der Waals surface area contributed by atoms with E-state index in [1.54, 1.807) is 0 Å². The Morgan fingerprint density at radius 2 is 2.11 bits per heavy atom. The predicted molar refractivity (Wildman–Crippen MR) is 72.9 cm³/mol. The van der Waals surface area contributed by atoms with Crippen molar-refractivity contribution >= 4 is 10.0 Å². The maximum absolute atomic E-state index is 12.2. The largest absolute Gasteiger partial charge is 0.384 e. The zero-order valence-electron chi connectivity index (χ0n) is 11.3. The standard InChI is InChI=1S/C13H18N2O3S/c1-4-13(2,3)15-19(17,18)12-8-11(6-5-7-16)9-14-10-12/h8-10,15-16H,4,7H2,1-3H3. The summed E-state index contributed by atoms with van der Waals surface area (Å²) < 4.78 is 27.0. The summed E-state index contributed by atoms with van der Waals surface area (Å²) in [5.41, 5.74) is -0.0720. The van der Waals surface area contributed by atoms with Gasteiger partial charge in [0.2, 0.25) is 10.0 Å². The lowest BCUT2D eigenvalue weighted by Crippen LogP contribution is -2.42. The molecule has 5 nitrogen and oxygen atoms in total. The van der Waals surface area contributed by atoms with Crippen LogP contribution in [0.15, 0.2) is 23.4 Å². The smallest absolute Gasteiger partial charge is 0.242 e. The van der Waals surface area contributed by atoms with Crippen LogP contribution in [0.2, 0.25) is 0 Å². The van der Waals surface area contributed by atoms with Gasteiger partial charge in [0.05, 0.1) is 0 Å². The van der Waals surface area contributed by atoms with E-state index >= 15 is 0 Å². The highest BCUT2D eigenvalue weighted by Gasteiger charge is 2.24. The van der Waals surface area contributed by atoms with Crippen molar-refractivity contribution in [2.24, 2.45) is 0 Å². The molecular weight excluding hydrogens is 264 g/mol. The molecule has 0 saturated carbocycles. The molecular formula is C13H18N2O3S. The Balaban J connectivity index is 3.09. The summed E-state index contributed by atoms with van der Waals surface area (Å²) in [6.45, 7) is 5.25. The lowest BCUT2D eigenvalue weighted by Gasteiger charge is -2.24. The van der Waals surface area contributed by atoms with Crippen molar-refractivity contribution in [2.75, 3.05) is 6.61 Å². The molecule has 0 unspecified atom stereocenters. The molecule has 0 aliphatic carbocycles. The molecule has 0 bridgehead atoms. The van der Waals surface area contributed by atoms with Crippen molar-refractivity contribution in [3.8, 4) is 11.8 Å². The number of aromatic nitrogens is 1. The van der Waals surface area contributed by atoms with Gasteiger partial charge in [-0.1, -0.05) is 18.8 Å². The third-order valence-corrected chi connectivity index (χ3v) is 4.29. The van der Waals surface area contributed by atoms with Gasteiger partial charge < -0.3 is 5.11 Å². The minimum atomic E-state index is -3.62. The maximum Gasteiger partial charge on any atom is 0.242 e. The Bertz CT molecular complexity index is 598. The van der Waals surface area contributed by atoms with Crippen LogP contribution in [0.1, 0.15) is 32.8 Å². The first-order chi connectivity index (χ1) is 8.80. The van der Waals surface area contributed by atoms with Crippen LogP contribution in [-0.2, 0) is 10.0 Å². The summed E-state index contributed by atoms with van der Waals surface area (Å²) in [5.74, 6) is 5.08. The summed E-state index contributed by atoms with van der Waals surface area (Å²) >= 11 is 0. The van der Waals surface area contributed by atoms with E-state index in [2.05, 4.69) is 21.5 Å². The molecule has 0 aliphatic heterocycles. The third-order valence-electron chi connectivity index (χ3n) is 2.63. The quantitative estimate of drug-likeness (QED) is 0.804. The summed E-state index contributed by atoms with van der Waals surface area (Å²) in [6.07, 6.45) is 3.40. The van der Waals surface area contributed by atoms with Crippen molar-refractivity contribution in [1.29, 1.82) is 0 Å². The second kappa shape index (κ2) is 6.15. The average Bonchev–Trinajstić information content (AvgIpc) is 2.35. The van der Waals surface area contributed by atoms with Crippen molar-refractivity contribution in [3.63, 3.8) is 0 Å². The summed E-state index contributed by atoms with van der Waals surface area (Å²) in [6, 6.07) is 1.43. The van der Waals surface area contributed by atoms with Crippen LogP contribution < -0.4 is 4.72 Å². The molecule has 2 N–H and O–H groups in total. The van der Waals surface area contributed by atoms with Crippen molar-refractivity contribution < 1.29 is 13.5 Å². The minimum absolute atomic E-state index is 0.0683. The van der Waals surface area contributed by atoms with Gasteiger partial charge in [-0.15, -0.1) is 0 Å². The van der Waals surface area contributed by atoms with Gasteiger partial charge in [-0.05, 0) is 26.3 Å². The number of aliphatic hydroxyl groups is 1. The Kier molecular flexibility index (Phi) is 5.06. The second-order valence-electron chi connectivity index (χ2n) is 4.71. The van der Waals surface area contributed by atoms with Crippen LogP contribution in [0.3, 0.4) is 0 Å². The van der Waals surface area contributed by atoms with Gasteiger partial charge >= 0.3 is 0 Å². The highest BCUT2D eigenvalue weighted by Crippen LogP contribution is 2.15. The lowest BCUT2D eigenvalue weighted by atomic mass is 10.0. The van der Waals surface area contributed by atoms with Gasteiger partial charge in [0.25, 0.3) is 0 Å². The van der Waals surface area contributed by atoms with Gasteiger partial charge in [-0.3, -0.25) is 4.98 Å². The van der Waals surface area contributed by atoms with E-state index in [9.17, 15) is 8.42 Å². The van der Waals surface area contributed by atoms with Crippen molar-refractivity contribution in [3.05, 3.63) is 24.0 Å². The van der Waals surface area contributed by atoms with E-state index in [4.69, 9.17) is 5.11 Å². The molecule has 0 fully saturated rings. The fourth-order valence-corrected chi connectivity index (χ4v) is 2.74. The number of pyridine rings is 1. The summed E-state index contributed by atoms with van der Waals surface area (Å²) in [5, 5.41) is 8.62. The fraction of sp³-hybridized carbons (Fsp3) is 0.462. The Hall–Kier alpha value is -1.42. The van der Waals surface area contributed by atoms with Crippen LogP contribution in [0.25, 0.3) is 0 Å². The van der Waals surface area contributed by atoms with Crippen molar-refractivity contribution in [1.82, 2.24) is 9.71 Å². The molecule has 0 radical (unpaired) electrons. The van der Waals surface area contributed by atoms with Crippen molar-refractivity contribution in [2.45, 2.75) is 37.6 Å². The van der Waals surface area contributed by atoms with Gasteiger partial charge in [0, 0.05) is 23.5 Å². The summed E-state index contributed by atoms with van der Waals surface area (Å²) in [7, 11) is -3.62. The zero-order chi connectivity index (χ0) is 14.5. The van der Waals surface area contributed by atoms with Crippen LogP contribution in [0, 0.1) is 11.8 Å². The maximum atomic E-state index is 12.2. The highest BCUT2D eigenvalue weighted by atomic mass is 32.2. The number of nitrogens with zero attached hydrogens (tertiary/aromatic N) is 1. The van der Waals surface area contributed by atoms with Crippen LogP contribution >= 0.6 is 0 Å².